The first kappa shape index (κ1) is 21.0. The minimum atomic E-state index is -3.06. The van der Waals surface area contributed by atoms with E-state index < -0.39 is 41.6 Å². The van der Waals surface area contributed by atoms with E-state index in [0.717, 1.165) is 12.1 Å². The number of ether oxygens (including phenoxy) is 1. The van der Waals surface area contributed by atoms with Crippen LogP contribution >= 0.6 is 0 Å². The Labute approximate surface area is 177 Å². The Morgan fingerprint density at radius 3 is 2.47 bits per heavy atom. The van der Waals surface area contributed by atoms with Gasteiger partial charge >= 0.3 is 12.6 Å². The number of alkyl halides is 2. The Balaban J connectivity index is 1.74. The van der Waals surface area contributed by atoms with Crippen LogP contribution in [0.1, 0.15) is 5.56 Å². The van der Waals surface area contributed by atoms with E-state index in [4.69, 9.17) is 0 Å². The molecule has 0 saturated carbocycles. The third kappa shape index (κ3) is 4.02. The topological polar surface area (TPSA) is 92.6 Å². The van der Waals surface area contributed by atoms with Gasteiger partial charge in [0.15, 0.2) is 5.88 Å². The minimum Gasteiger partial charge on any atom is -0.494 e. The quantitative estimate of drug-likeness (QED) is 0.326. The molecule has 1 fully saturated rings. The number of amides is 3. The van der Waals surface area contributed by atoms with E-state index in [1.807, 2.05) is 5.32 Å². The average molecular weight is 447 g/mol. The van der Waals surface area contributed by atoms with Crippen LogP contribution in [-0.4, -0.2) is 33.8 Å². The van der Waals surface area contributed by atoms with Gasteiger partial charge in [0.05, 0.1) is 6.54 Å². The lowest BCUT2D eigenvalue weighted by molar-refractivity contribution is -0.122. The van der Waals surface area contributed by atoms with E-state index in [1.165, 1.54) is 29.0 Å². The highest BCUT2D eigenvalue weighted by Gasteiger charge is 2.46. The number of benzene rings is 2. The molecule has 1 saturated heterocycles. The van der Waals surface area contributed by atoms with Crippen molar-refractivity contribution in [2.75, 3.05) is 0 Å². The number of hydrogen-bond acceptors (Lipinski definition) is 4. The van der Waals surface area contributed by atoms with E-state index in [1.54, 1.807) is 0 Å². The highest BCUT2D eigenvalue weighted by Crippen LogP contribution is 2.32. The van der Waals surface area contributed by atoms with Gasteiger partial charge in [0, 0.05) is 28.6 Å². The maximum atomic E-state index is 13.4. The van der Waals surface area contributed by atoms with Crippen molar-refractivity contribution in [1.29, 1.82) is 0 Å². The van der Waals surface area contributed by atoms with Crippen LogP contribution in [-0.2, 0) is 11.3 Å². The lowest BCUT2D eigenvalue weighted by atomic mass is 9.99. The van der Waals surface area contributed by atoms with Crippen molar-refractivity contribution in [2.24, 2.45) is 0 Å². The van der Waals surface area contributed by atoms with Gasteiger partial charge in [0.2, 0.25) is 5.54 Å². The summed E-state index contributed by atoms with van der Waals surface area (Å²) in [4.78, 5) is 24.3. The van der Waals surface area contributed by atoms with Crippen LogP contribution in [0, 0.1) is 23.5 Å². The molecule has 0 bridgehead atoms. The Bertz CT molecular complexity index is 1290. The van der Waals surface area contributed by atoms with E-state index in [9.17, 15) is 32.3 Å². The minimum absolute atomic E-state index is 0.0773. The number of carbonyl (C=O) groups is 2. The molecule has 1 atom stereocenters. The van der Waals surface area contributed by atoms with Crippen LogP contribution < -0.4 is 15.4 Å². The van der Waals surface area contributed by atoms with Crippen molar-refractivity contribution < 1.29 is 37.0 Å². The third-order valence-electron chi connectivity index (χ3n) is 4.69. The van der Waals surface area contributed by atoms with E-state index in [2.05, 4.69) is 21.9 Å². The first-order valence-electron chi connectivity index (χ1n) is 9.05. The van der Waals surface area contributed by atoms with Crippen molar-refractivity contribution in [2.45, 2.75) is 18.7 Å². The van der Waals surface area contributed by atoms with Gasteiger partial charge in [-0.15, -0.1) is 0 Å². The number of hydrogen-bond donors (Lipinski definition) is 3. The molecule has 2 heterocycles. The van der Waals surface area contributed by atoms with Gasteiger partial charge in [-0.2, -0.15) is 8.78 Å². The van der Waals surface area contributed by atoms with Crippen LogP contribution in [0.15, 0.2) is 42.6 Å². The van der Waals surface area contributed by atoms with Crippen LogP contribution in [0.2, 0.25) is 0 Å². The number of nitrogens with zero attached hydrogens (tertiary/aromatic N) is 1. The third-order valence-corrected chi connectivity index (χ3v) is 4.69. The highest BCUT2D eigenvalue weighted by atomic mass is 19.3. The van der Waals surface area contributed by atoms with Gasteiger partial charge in [-0.3, -0.25) is 10.1 Å². The number of imide groups is 1. The predicted molar refractivity (Wildman–Crippen MR) is 103 cm³/mol. The highest BCUT2D eigenvalue weighted by molar-refractivity contribution is 6.09. The molecule has 11 heteroatoms. The zero-order valence-corrected chi connectivity index (χ0v) is 16.0. The van der Waals surface area contributed by atoms with E-state index >= 15 is 0 Å². The summed E-state index contributed by atoms with van der Waals surface area (Å²) < 4.78 is 57.3. The summed E-state index contributed by atoms with van der Waals surface area (Å²) in [5.74, 6) is 1.81. The van der Waals surface area contributed by atoms with Gasteiger partial charge in [-0.05, 0) is 30.3 Å². The molecule has 1 aliphatic rings. The molecule has 3 aromatic rings. The number of rotatable bonds is 4. The molecule has 1 aromatic heterocycles. The number of carbonyl (C=O) groups excluding carboxylic acids is 2. The molecule has 0 radical (unpaired) electrons. The Hall–Kier alpha value is -4.20. The van der Waals surface area contributed by atoms with Crippen LogP contribution in [0.4, 0.5) is 22.4 Å². The smallest absolute Gasteiger partial charge is 0.387 e. The molecule has 1 aliphatic heterocycles. The molecular formula is C21H13F4N3O4. The Morgan fingerprint density at radius 2 is 1.84 bits per heavy atom. The number of fused-ring (bicyclic) bond motifs is 1. The number of aromatic hydroxyl groups is 1. The first-order chi connectivity index (χ1) is 15.1. The molecular weight excluding hydrogens is 434 g/mol. The Kier molecular flexibility index (Phi) is 5.14. The van der Waals surface area contributed by atoms with Crippen molar-refractivity contribution in [1.82, 2.24) is 15.2 Å². The van der Waals surface area contributed by atoms with Crippen molar-refractivity contribution >= 4 is 22.7 Å². The monoisotopic (exact) mass is 447 g/mol. The number of aromatic nitrogens is 1. The maximum Gasteiger partial charge on any atom is 0.387 e. The molecule has 4 rings (SSSR count). The fourth-order valence-corrected chi connectivity index (χ4v) is 3.31. The van der Waals surface area contributed by atoms with Crippen molar-refractivity contribution in [3.8, 4) is 23.5 Å². The van der Waals surface area contributed by atoms with Gasteiger partial charge in [-0.1, -0.05) is 11.8 Å². The number of urea groups is 1. The maximum absolute atomic E-state index is 13.4. The second-order valence-electron chi connectivity index (χ2n) is 6.93. The van der Waals surface area contributed by atoms with Gasteiger partial charge in [-0.25, -0.2) is 13.6 Å². The first-order valence-corrected chi connectivity index (χ1v) is 9.05. The summed E-state index contributed by atoms with van der Waals surface area (Å²) in [5.41, 5.74) is -1.96. The molecule has 3 amide bonds. The van der Waals surface area contributed by atoms with Crippen LogP contribution in [0.3, 0.4) is 0 Å². The van der Waals surface area contributed by atoms with Crippen molar-refractivity contribution in [3.05, 3.63) is 59.8 Å². The lowest BCUT2D eigenvalue weighted by Gasteiger charge is -2.20. The van der Waals surface area contributed by atoms with Crippen molar-refractivity contribution in [3.63, 3.8) is 0 Å². The molecule has 3 N–H and O–H groups in total. The second-order valence-corrected chi connectivity index (χ2v) is 6.93. The fraction of sp³-hybridized carbons (Fsp3) is 0.143. The zero-order valence-electron chi connectivity index (χ0n) is 16.0. The molecule has 2 aromatic carbocycles. The SMILES string of the molecule is O=C1NC(=O)[C@@](C#Cc2cc(F)cc(F)c2)(Cn2cc3ccc(OC(F)F)cc3c2O)N1. The largest absolute Gasteiger partial charge is 0.494 e. The number of halogens is 4. The molecule has 0 spiro atoms. The van der Waals surface area contributed by atoms with E-state index in [0.29, 0.717) is 11.5 Å². The Morgan fingerprint density at radius 1 is 1.12 bits per heavy atom. The number of nitrogens with one attached hydrogen (secondary N) is 2. The average Bonchev–Trinajstić information content (AvgIpc) is 3.15. The molecule has 0 aliphatic carbocycles. The lowest BCUT2D eigenvalue weighted by Crippen LogP contribution is -2.49. The van der Waals surface area contributed by atoms with Crippen LogP contribution in [0.25, 0.3) is 10.8 Å². The summed E-state index contributed by atoms with van der Waals surface area (Å²) in [6.45, 7) is -3.44. The summed E-state index contributed by atoms with van der Waals surface area (Å²) >= 11 is 0. The fourth-order valence-electron chi connectivity index (χ4n) is 3.31. The van der Waals surface area contributed by atoms with Crippen LogP contribution in [0.5, 0.6) is 11.6 Å². The molecule has 0 unspecified atom stereocenters. The van der Waals surface area contributed by atoms with Gasteiger partial charge < -0.3 is 19.7 Å². The zero-order chi connectivity index (χ0) is 23.0. The molecule has 7 nitrogen and oxygen atoms in total. The molecule has 32 heavy (non-hydrogen) atoms. The predicted octanol–water partition coefficient (Wildman–Crippen LogP) is 2.86. The van der Waals surface area contributed by atoms with E-state index in [-0.39, 0.29) is 23.2 Å². The molecule has 164 valence electrons. The summed E-state index contributed by atoms with van der Waals surface area (Å²) in [5, 5.41) is 15.5. The summed E-state index contributed by atoms with van der Waals surface area (Å²) in [6.07, 6.45) is 1.42. The summed E-state index contributed by atoms with van der Waals surface area (Å²) in [6, 6.07) is 5.59. The van der Waals surface area contributed by atoms with Gasteiger partial charge in [0.1, 0.15) is 17.4 Å². The summed E-state index contributed by atoms with van der Waals surface area (Å²) in [7, 11) is 0. The van der Waals surface area contributed by atoms with Gasteiger partial charge in [0.25, 0.3) is 5.91 Å². The second kappa shape index (κ2) is 7.81. The normalized spacial score (nSPS) is 17.8. The standard InChI is InChI=1S/C21H13F4N3O4/c22-13-5-11(6-14(23)7-13)3-4-21(18(30)26-20(31)27-21)10-28-9-12-1-2-15(32-19(24)25)8-16(12)17(28)29/h1-2,5-9,19,29H,10H2,(H2,26,27,30,31)/t21-/m1/s1.